The topological polar surface area (TPSA) is 67.8 Å². The molecular formula is C18H19NO4S. The Morgan fingerprint density at radius 3 is 2.75 bits per heavy atom. The van der Waals surface area contributed by atoms with Crippen molar-refractivity contribution in [2.75, 3.05) is 13.2 Å². The predicted molar refractivity (Wildman–Crippen MR) is 90.3 cm³/mol. The van der Waals surface area contributed by atoms with E-state index in [2.05, 4.69) is 5.32 Å². The summed E-state index contributed by atoms with van der Waals surface area (Å²) >= 11 is 1.52. The molecule has 1 amide bonds. The molecule has 0 saturated heterocycles. The van der Waals surface area contributed by atoms with Gasteiger partial charge in [0.1, 0.15) is 12.2 Å². The number of thiophene rings is 1. The van der Waals surface area contributed by atoms with Crippen molar-refractivity contribution in [2.24, 2.45) is 5.92 Å². The molecule has 4 rings (SSSR count). The van der Waals surface area contributed by atoms with Crippen LogP contribution in [0.25, 0.3) is 0 Å². The van der Waals surface area contributed by atoms with Crippen LogP contribution >= 0.6 is 11.3 Å². The molecule has 2 aliphatic rings. The summed E-state index contributed by atoms with van der Waals surface area (Å²) < 4.78 is 11.3. The number of benzene rings is 1. The maximum atomic E-state index is 12.4. The minimum Gasteiger partial charge on any atom is -0.485 e. The molecule has 5 nitrogen and oxygen atoms in total. The Bertz CT molecular complexity index is 728. The van der Waals surface area contributed by atoms with Crippen molar-refractivity contribution in [3.05, 3.63) is 46.7 Å². The average molecular weight is 345 g/mol. The van der Waals surface area contributed by atoms with Gasteiger partial charge in [0.25, 0.3) is 5.91 Å². The van der Waals surface area contributed by atoms with Crippen molar-refractivity contribution in [1.82, 2.24) is 5.32 Å². The summed E-state index contributed by atoms with van der Waals surface area (Å²) in [6, 6.07) is 11.1. The average Bonchev–Trinajstić information content (AvgIpc) is 3.34. The smallest absolute Gasteiger partial charge is 0.264 e. The summed E-state index contributed by atoms with van der Waals surface area (Å²) in [7, 11) is 0. The molecule has 24 heavy (non-hydrogen) atoms. The van der Waals surface area contributed by atoms with E-state index in [1.54, 1.807) is 6.07 Å². The summed E-state index contributed by atoms with van der Waals surface area (Å²) in [5.41, 5.74) is -0.989. The second-order valence-electron chi connectivity index (χ2n) is 6.26. The van der Waals surface area contributed by atoms with E-state index in [1.807, 2.05) is 35.7 Å². The van der Waals surface area contributed by atoms with Crippen LogP contribution in [0, 0.1) is 5.92 Å². The van der Waals surface area contributed by atoms with E-state index in [9.17, 15) is 9.90 Å². The summed E-state index contributed by atoms with van der Waals surface area (Å²) in [5.74, 6) is 1.16. The highest BCUT2D eigenvalue weighted by Crippen LogP contribution is 2.46. The quantitative estimate of drug-likeness (QED) is 0.873. The van der Waals surface area contributed by atoms with Gasteiger partial charge in [-0.2, -0.15) is 0 Å². The Hall–Kier alpha value is -2.05. The third kappa shape index (κ3) is 2.87. The number of fused-ring (bicyclic) bond motifs is 1. The summed E-state index contributed by atoms with van der Waals surface area (Å²) in [6.45, 7) is 0.363. The summed E-state index contributed by atoms with van der Waals surface area (Å²) in [6.07, 6.45) is 1.27. The molecule has 1 aliphatic heterocycles. The Labute approximate surface area is 144 Å². The van der Waals surface area contributed by atoms with Crippen molar-refractivity contribution in [2.45, 2.75) is 24.5 Å². The normalized spacial score (nSPS) is 21.8. The predicted octanol–water partition coefficient (Wildman–Crippen LogP) is 2.30. The van der Waals surface area contributed by atoms with Gasteiger partial charge in [-0.1, -0.05) is 18.2 Å². The van der Waals surface area contributed by atoms with Crippen LogP contribution in [0.4, 0.5) is 0 Å². The molecule has 2 atom stereocenters. The van der Waals surface area contributed by atoms with Crippen molar-refractivity contribution in [3.8, 4) is 11.5 Å². The molecule has 0 spiro atoms. The van der Waals surface area contributed by atoms with E-state index in [1.165, 1.54) is 11.3 Å². The van der Waals surface area contributed by atoms with E-state index < -0.39 is 11.7 Å². The number of carbonyl (C=O) groups excluding carboxylic acids is 1. The van der Waals surface area contributed by atoms with Crippen LogP contribution in [0.5, 0.6) is 11.5 Å². The van der Waals surface area contributed by atoms with Gasteiger partial charge in [0.2, 0.25) is 6.10 Å². The van der Waals surface area contributed by atoms with Crippen LogP contribution in [0.1, 0.15) is 17.7 Å². The number of amides is 1. The molecule has 126 valence electrons. The van der Waals surface area contributed by atoms with E-state index in [0.717, 1.165) is 17.7 Å². The van der Waals surface area contributed by atoms with Gasteiger partial charge in [-0.15, -0.1) is 11.3 Å². The number of ether oxygens (including phenoxy) is 2. The first-order valence-corrected chi connectivity index (χ1v) is 8.97. The van der Waals surface area contributed by atoms with Gasteiger partial charge in [0, 0.05) is 4.88 Å². The first-order valence-electron chi connectivity index (χ1n) is 8.09. The van der Waals surface area contributed by atoms with Crippen LogP contribution in [0.15, 0.2) is 41.8 Å². The molecule has 2 N–H and O–H groups in total. The van der Waals surface area contributed by atoms with Gasteiger partial charge in [-0.05, 0) is 42.3 Å². The van der Waals surface area contributed by atoms with Crippen LogP contribution in [-0.4, -0.2) is 30.3 Å². The number of carbonyl (C=O) groups is 1. The van der Waals surface area contributed by atoms with Gasteiger partial charge in [-0.25, -0.2) is 0 Å². The lowest BCUT2D eigenvalue weighted by Gasteiger charge is -2.30. The highest BCUT2D eigenvalue weighted by atomic mass is 32.1. The zero-order valence-electron chi connectivity index (χ0n) is 13.1. The lowest BCUT2D eigenvalue weighted by molar-refractivity contribution is -0.132. The molecule has 2 unspecified atom stereocenters. The number of nitrogens with one attached hydrogen (secondary N) is 1. The highest BCUT2D eigenvalue weighted by molar-refractivity contribution is 7.10. The van der Waals surface area contributed by atoms with E-state index >= 15 is 0 Å². The maximum absolute atomic E-state index is 12.4. The molecule has 0 bridgehead atoms. The Morgan fingerprint density at radius 2 is 2.04 bits per heavy atom. The Balaban J connectivity index is 1.41. The maximum Gasteiger partial charge on any atom is 0.264 e. The summed E-state index contributed by atoms with van der Waals surface area (Å²) in [4.78, 5) is 13.3. The largest absolute Gasteiger partial charge is 0.485 e. The fourth-order valence-corrected chi connectivity index (χ4v) is 3.91. The Kier molecular flexibility index (Phi) is 3.94. The molecular weight excluding hydrogens is 326 g/mol. The zero-order valence-corrected chi connectivity index (χ0v) is 13.9. The second-order valence-corrected chi connectivity index (χ2v) is 7.21. The first-order chi connectivity index (χ1) is 11.7. The third-order valence-electron chi connectivity index (χ3n) is 4.53. The zero-order chi connectivity index (χ0) is 16.6. The van der Waals surface area contributed by atoms with Crippen LogP contribution in [-0.2, 0) is 10.4 Å². The highest BCUT2D eigenvalue weighted by Gasteiger charge is 2.46. The number of hydrogen-bond acceptors (Lipinski definition) is 5. The monoisotopic (exact) mass is 345 g/mol. The van der Waals surface area contributed by atoms with Gasteiger partial charge in [0.15, 0.2) is 11.5 Å². The van der Waals surface area contributed by atoms with Gasteiger partial charge in [-0.3, -0.25) is 4.79 Å². The van der Waals surface area contributed by atoms with Gasteiger partial charge >= 0.3 is 0 Å². The molecule has 1 aromatic carbocycles. The molecule has 2 heterocycles. The standard InChI is InChI=1S/C18H19NO4S/c20-17(15-10-22-13-4-1-2-5-14(13)23-15)19-11-18(21,12-7-8-12)16-6-3-9-24-16/h1-6,9,12,15,21H,7-8,10-11H2,(H,19,20). The van der Waals surface area contributed by atoms with Crippen molar-refractivity contribution in [1.29, 1.82) is 0 Å². The molecule has 6 heteroatoms. The third-order valence-corrected chi connectivity index (χ3v) is 5.57. The first kappa shape index (κ1) is 15.5. The minimum absolute atomic E-state index is 0.170. The van der Waals surface area contributed by atoms with Gasteiger partial charge < -0.3 is 19.9 Å². The molecule has 1 fully saturated rings. The van der Waals surface area contributed by atoms with Gasteiger partial charge in [0.05, 0.1) is 6.54 Å². The number of aliphatic hydroxyl groups is 1. The second kappa shape index (κ2) is 6.11. The minimum atomic E-state index is -0.989. The lowest BCUT2D eigenvalue weighted by Crippen LogP contribution is -2.49. The fraction of sp³-hybridized carbons (Fsp3) is 0.389. The number of hydrogen-bond donors (Lipinski definition) is 2. The van der Waals surface area contributed by atoms with Crippen molar-refractivity contribution >= 4 is 17.2 Å². The molecule has 2 aromatic rings. The Morgan fingerprint density at radius 1 is 1.25 bits per heavy atom. The van der Waals surface area contributed by atoms with E-state index in [-0.39, 0.29) is 25.0 Å². The van der Waals surface area contributed by atoms with E-state index in [0.29, 0.717) is 11.5 Å². The number of rotatable bonds is 5. The molecule has 1 aliphatic carbocycles. The van der Waals surface area contributed by atoms with Crippen LogP contribution in [0.3, 0.4) is 0 Å². The van der Waals surface area contributed by atoms with E-state index in [4.69, 9.17) is 9.47 Å². The lowest BCUT2D eigenvalue weighted by atomic mass is 9.95. The van der Waals surface area contributed by atoms with Crippen molar-refractivity contribution < 1.29 is 19.4 Å². The number of para-hydroxylation sites is 2. The molecule has 1 saturated carbocycles. The summed E-state index contributed by atoms with van der Waals surface area (Å²) in [5, 5.41) is 15.8. The fourth-order valence-electron chi connectivity index (χ4n) is 3.00. The van der Waals surface area contributed by atoms with Crippen LogP contribution in [0.2, 0.25) is 0 Å². The molecule has 1 aromatic heterocycles. The van der Waals surface area contributed by atoms with Crippen molar-refractivity contribution in [3.63, 3.8) is 0 Å². The van der Waals surface area contributed by atoms with Crippen LogP contribution < -0.4 is 14.8 Å². The SMILES string of the molecule is O=C(NCC(O)(c1cccs1)C1CC1)C1COc2ccccc2O1. The molecule has 0 radical (unpaired) electrons.